The Bertz CT molecular complexity index is 723. The summed E-state index contributed by atoms with van der Waals surface area (Å²) in [5, 5.41) is 6.26. The van der Waals surface area contributed by atoms with Crippen LogP contribution in [0.2, 0.25) is 0 Å². The van der Waals surface area contributed by atoms with Crippen molar-refractivity contribution in [3.8, 4) is 0 Å². The number of benzene rings is 1. The van der Waals surface area contributed by atoms with E-state index in [-0.39, 0.29) is 11.1 Å². The highest BCUT2D eigenvalue weighted by Crippen LogP contribution is 2.25. The van der Waals surface area contributed by atoms with E-state index in [1.807, 2.05) is 13.0 Å². The molecule has 6 heteroatoms. The molecule has 0 saturated heterocycles. The van der Waals surface area contributed by atoms with Crippen LogP contribution in [0.25, 0.3) is 0 Å². The molecule has 5 nitrogen and oxygen atoms in total. The van der Waals surface area contributed by atoms with Crippen LogP contribution in [0, 0.1) is 0 Å². The second-order valence-electron chi connectivity index (χ2n) is 5.50. The predicted octanol–water partition coefficient (Wildman–Crippen LogP) is 2.33. The van der Waals surface area contributed by atoms with Gasteiger partial charge >= 0.3 is 0 Å². The largest absolute Gasteiger partial charge is 0.266 e. The lowest BCUT2D eigenvalue weighted by molar-refractivity contribution is 0.562. The third-order valence-electron chi connectivity index (χ3n) is 3.97. The summed E-state index contributed by atoms with van der Waals surface area (Å²) >= 11 is 0. The second-order valence-corrected chi connectivity index (χ2v) is 7.18. The van der Waals surface area contributed by atoms with Crippen LogP contribution in [-0.4, -0.2) is 18.6 Å². The zero-order valence-corrected chi connectivity index (χ0v) is 12.8. The lowest BCUT2D eigenvalue weighted by Gasteiger charge is -2.19. The van der Waals surface area contributed by atoms with E-state index in [2.05, 4.69) is 27.1 Å². The molecule has 3 rings (SSSR count). The summed E-state index contributed by atoms with van der Waals surface area (Å²) in [4.78, 5) is 0. The molecule has 1 aliphatic rings. The van der Waals surface area contributed by atoms with E-state index in [0.29, 0.717) is 0 Å². The molecule has 1 unspecified atom stereocenters. The van der Waals surface area contributed by atoms with Gasteiger partial charge in [-0.15, -0.1) is 0 Å². The summed E-state index contributed by atoms with van der Waals surface area (Å²) < 4.78 is 27.0. The quantitative estimate of drug-likeness (QED) is 0.910. The van der Waals surface area contributed by atoms with Crippen molar-refractivity contribution >= 4 is 10.0 Å². The molecule has 0 saturated carbocycles. The second kappa shape index (κ2) is 5.61. The molecule has 2 N–H and O–H groups in total. The predicted molar refractivity (Wildman–Crippen MR) is 80.4 cm³/mol. The molecule has 0 radical (unpaired) electrons. The van der Waals surface area contributed by atoms with Gasteiger partial charge in [-0.2, -0.15) is 5.10 Å². The molecule has 0 bridgehead atoms. The minimum atomic E-state index is -3.55. The number of nitrogens with one attached hydrogen (secondary N) is 2. The molecule has 1 heterocycles. The van der Waals surface area contributed by atoms with E-state index < -0.39 is 10.0 Å². The van der Waals surface area contributed by atoms with Crippen LogP contribution in [-0.2, 0) is 22.9 Å². The van der Waals surface area contributed by atoms with Gasteiger partial charge in [0.05, 0.1) is 6.20 Å². The third kappa shape index (κ3) is 3.01. The molecule has 0 amide bonds. The number of fused-ring (bicyclic) bond motifs is 1. The number of aryl methyl sites for hydroxylation is 2. The van der Waals surface area contributed by atoms with E-state index in [0.717, 1.165) is 18.4 Å². The summed E-state index contributed by atoms with van der Waals surface area (Å²) in [7, 11) is -3.55. The van der Waals surface area contributed by atoms with Gasteiger partial charge in [-0.3, -0.25) is 5.10 Å². The van der Waals surface area contributed by atoms with E-state index in [4.69, 9.17) is 0 Å². The maximum atomic E-state index is 12.2. The van der Waals surface area contributed by atoms with Crippen molar-refractivity contribution < 1.29 is 8.42 Å². The fourth-order valence-electron chi connectivity index (χ4n) is 2.78. The van der Waals surface area contributed by atoms with Crippen molar-refractivity contribution in [2.24, 2.45) is 0 Å². The van der Waals surface area contributed by atoms with E-state index >= 15 is 0 Å². The molecule has 1 aliphatic carbocycles. The van der Waals surface area contributed by atoms with Crippen LogP contribution < -0.4 is 4.72 Å². The molecule has 112 valence electrons. The molecular formula is C15H19N3O2S. The van der Waals surface area contributed by atoms with Gasteiger partial charge in [0.15, 0.2) is 5.03 Å². The van der Waals surface area contributed by atoms with Gasteiger partial charge in [-0.25, -0.2) is 13.1 Å². The van der Waals surface area contributed by atoms with Gasteiger partial charge < -0.3 is 0 Å². The van der Waals surface area contributed by atoms with Crippen molar-refractivity contribution in [1.82, 2.24) is 14.9 Å². The molecule has 2 aromatic rings. The van der Waals surface area contributed by atoms with Crippen molar-refractivity contribution in [3.63, 3.8) is 0 Å². The van der Waals surface area contributed by atoms with Crippen LogP contribution in [0.15, 0.2) is 35.5 Å². The Morgan fingerprint density at radius 3 is 2.67 bits per heavy atom. The van der Waals surface area contributed by atoms with E-state index in [1.54, 1.807) is 0 Å². The van der Waals surface area contributed by atoms with Gasteiger partial charge in [0.2, 0.25) is 0 Å². The fourth-order valence-corrected chi connectivity index (χ4v) is 3.92. The number of aromatic amines is 1. The number of hydrogen-bond donors (Lipinski definition) is 2. The molecule has 1 aromatic carbocycles. The number of aromatic nitrogens is 2. The smallest absolute Gasteiger partial charge is 0.258 e. The highest BCUT2D eigenvalue weighted by atomic mass is 32.2. The normalized spacial score (nSPS) is 16.4. The van der Waals surface area contributed by atoms with Crippen LogP contribution >= 0.6 is 0 Å². The van der Waals surface area contributed by atoms with Crippen molar-refractivity contribution in [2.75, 3.05) is 0 Å². The lowest BCUT2D eigenvalue weighted by atomic mass is 9.89. The first-order valence-corrected chi connectivity index (χ1v) is 8.68. The lowest BCUT2D eigenvalue weighted by Crippen LogP contribution is -2.27. The Hall–Kier alpha value is -1.66. The van der Waals surface area contributed by atoms with Crippen molar-refractivity contribution in [2.45, 2.75) is 43.7 Å². The molecule has 1 aromatic heterocycles. The first-order chi connectivity index (χ1) is 10.1. The van der Waals surface area contributed by atoms with Gasteiger partial charge in [0.25, 0.3) is 10.0 Å². The first-order valence-electron chi connectivity index (χ1n) is 7.20. The van der Waals surface area contributed by atoms with Gasteiger partial charge in [0, 0.05) is 6.04 Å². The third-order valence-corrected chi connectivity index (χ3v) is 5.44. The Morgan fingerprint density at radius 2 is 1.95 bits per heavy atom. The highest BCUT2D eigenvalue weighted by molar-refractivity contribution is 7.89. The Kier molecular flexibility index (Phi) is 3.82. The Labute approximate surface area is 124 Å². The monoisotopic (exact) mass is 305 g/mol. The standard InChI is InChI=1S/C15H19N3O2S/c1-11(18-21(19,20)15-8-9-16-17-15)13-7-6-12-4-2-3-5-14(12)10-13/h6-11,18H,2-5H2,1H3,(H,16,17). The van der Waals surface area contributed by atoms with Gasteiger partial charge in [0.1, 0.15) is 0 Å². The molecule has 21 heavy (non-hydrogen) atoms. The van der Waals surface area contributed by atoms with Gasteiger partial charge in [-0.05, 0) is 55.4 Å². The van der Waals surface area contributed by atoms with Crippen LogP contribution in [0.1, 0.15) is 42.5 Å². The summed E-state index contributed by atoms with van der Waals surface area (Å²) in [5.41, 5.74) is 3.75. The number of H-pyrrole nitrogens is 1. The Balaban J connectivity index is 1.81. The SMILES string of the molecule is CC(NS(=O)(=O)c1ccn[nH]1)c1ccc2c(c1)CCCC2. The van der Waals surface area contributed by atoms with Crippen molar-refractivity contribution in [1.29, 1.82) is 0 Å². The summed E-state index contributed by atoms with van der Waals surface area (Å²) in [6.07, 6.45) is 6.10. The number of sulfonamides is 1. The minimum absolute atomic E-state index is 0.0901. The molecule has 1 atom stereocenters. The van der Waals surface area contributed by atoms with Crippen LogP contribution in [0.3, 0.4) is 0 Å². The zero-order valence-electron chi connectivity index (χ0n) is 12.0. The van der Waals surface area contributed by atoms with Gasteiger partial charge in [-0.1, -0.05) is 18.2 Å². The van der Waals surface area contributed by atoms with Crippen molar-refractivity contribution in [3.05, 3.63) is 47.2 Å². The maximum Gasteiger partial charge on any atom is 0.258 e. The highest BCUT2D eigenvalue weighted by Gasteiger charge is 2.20. The van der Waals surface area contributed by atoms with E-state index in [9.17, 15) is 8.42 Å². The molecule has 0 fully saturated rings. The first kappa shape index (κ1) is 14.3. The maximum absolute atomic E-state index is 12.2. The summed E-state index contributed by atoms with van der Waals surface area (Å²) in [6, 6.07) is 7.46. The number of hydrogen-bond acceptors (Lipinski definition) is 3. The average molecular weight is 305 g/mol. The average Bonchev–Trinajstić information content (AvgIpc) is 3.01. The summed E-state index contributed by atoms with van der Waals surface area (Å²) in [5.74, 6) is 0. The van der Waals surface area contributed by atoms with E-state index in [1.165, 1.54) is 36.2 Å². The summed E-state index contributed by atoms with van der Waals surface area (Å²) in [6.45, 7) is 1.86. The molecule has 0 spiro atoms. The molecule has 0 aliphatic heterocycles. The fraction of sp³-hybridized carbons (Fsp3) is 0.400. The van der Waals surface area contributed by atoms with Crippen LogP contribution in [0.4, 0.5) is 0 Å². The number of rotatable bonds is 4. The minimum Gasteiger partial charge on any atom is -0.266 e. The zero-order chi connectivity index (χ0) is 14.9. The van der Waals surface area contributed by atoms with Crippen LogP contribution in [0.5, 0.6) is 0 Å². The molecular weight excluding hydrogens is 286 g/mol. The topological polar surface area (TPSA) is 74.8 Å². The Morgan fingerprint density at radius 1 is 1.19 bits per heavy atom. The number of nitrogens with zero attached hydrogens (tertiary/aromatic N) is 1.